The van der Waals surface area contributed by atoms with Gasteiger partial charge in [-0.25, -0.2) is 21.9 Å². The molecule has 0 heterocycles. The lowest BCUT2D eigenvalue weighted by Gasteiger charge is -2.14. The number of carboxylic acid groups (broad SMARTS) is 1. The molecule has 0 aliphatic heterocycles. The minimum Gasteiger partial charge on any atom is -0.481 e. The van der Waals surface area contributed by atoms with Gasteiger partial charge in [-0.3, -0.25) is 4.79 Å². The highest BCUT2D eigenvalue weighted by Crippen LogP contribution is 2.30. The summed E-state index contributed by atoms with van der Waals surface area (Å²) in [6.07, 6.45) is 0.862. The number of sulfonamides is 1. The number of rotatable bonds is 4. The predicted octanol–water partition coefficient (Wildman–Crippen LogP) is 2.26. The summed E-state index contributed by atoms with van der Waals surface area (Å²) >= 11 is 2.82. The van der Waals surface area contributed by atoms with Gasteiger partial charge in [0, 0.05) is 16.6 Å². The van der Waals surface area contributed by atoms with Crippen molar-refractivity contribution in [3.63, 3.8) is 0 Å². The van der Waals surface area contributed by atoms with Crippen molar-refractivity contribution >= 4 is 31.9 Å². The molecule has 0 amide bonds. The van der Waals surface area contributed by atoms with Gasteiger partial charge < -0.3 is 5.11 Å². The van der Waals surface area contributed by atoms with Gasteiger partial charge in [0.1, 0.15) is 16.5 Å². The van der Waals surface area contributed by atoms with E-state index in [1.807, 2.05) is 0 Å². The molecule has 0 aromatic heterocycles. The average Bonchev–Trinajstić information content (AvgIpc) is 2.74. The Balaban J connectivity index is 2.22. The Hall–Kier alpha value is -1.06. The minimum atomic E-state index is -4.20. The van der Waals surface area contributed by atoms with Crippen LogP contribution < -0.4 is 4.72 Å². The van der Waals surface area contributed by atoms with Crippen molar-refractivity contribution in [3.05, 3.63) is 28.2 Å². The quantitative estimate of drug-likeness (QED) is 0.834. The van der Waals surface area contributed by atoms with E-state index in [9.17, 15) is 22.0 Å². The second-order valence-electron chi connectivity index (χ2n) is 4.86. The molecule has 1 aromatic rings. The smallest absolute Gasteiger partial charge is 0.306 e. The monoisotopic (exact) mass is 383 g/mol. The maximum atomic E-state index is 13.7. The number of benzene rings is 1. The lowest BCUT2D eigenvalue weighted by molar-refractivity contribution is -0.141. The van der Waals surface area contributed by atoms with Crippen molar-refractivity contribution in [3.8, 4) is 0 Å². The molecule has 0 saturated heterocycles. The van der Waals surface area contributed by atoms with Crippen LogP contribution in [0.25, 0.3) is 0 Å². The molecule has 0 radical (unpaired) electrons. The predicted molar refractivity (Wildman–Crippen MR) is 73.1 cm³/mol. The van der Waals surface area contributed by atoms with Crippen LogP contribution in [0.2, 0.25) is 0 Å². The molecule has 0 bridgehead atoms. The van der Waals surface area contributed by atoms with Crippen molar-refractivity contribution in [1.29, 1.82) is 0 Å². The molecule has 1 aliphatic rings. The number of carbonyl (C=O) groups is 1. The van der Waals surface area contributed by atoms with E-state index in [1.54, 1.807) is 0 Å². The first-order chi connectivity index (χ1) is 9.70. The van der Waals surface area contributed by atoms with E-state index in [2.05, 4.69) is 20.7 Å². The Morgan fingerprint density at radius 1 is 1.33 bits per heavy atom. The fraction of sp³-hybridized carbons (Fsp3) is 0.417. The zero-order valence-corrected chi connectivity index (χ0v) is 13.0. The van der Waals surface area contributed by atoms with Crippen LogP contribution in [0.5, 0.6) is 0 Å². The molecule has 2 atom stereocenters. The first kappa shape index (κ1) is 16.3. The average molecular weight is 384 g/mol. The molecule has 2 unspecified atom stereocenters. The lowest BCUT2D eigenvalue weighted by atomic mass is 10.1. The zero-order valence-electron chi connectivity index (χ0n) is 10.6. The van der Waals surface area contributed by atoms with Gasteiger partial charge in [-0.2, -0.15) is 0 Å². The van der Waals surface area contributed by atoms with Crippen LogP contribution >= 0.6 is 15.9 Å². The summed E-state index contributed by atoms with van der Waals surface area (Å²) in [6, 6.07) is 0.757. The van der Waals surface area contributed by atoms with E-state index in [-0.39, 0.29) is 10.9 Å². The van der Waals surface area contributed by atoms with Crippen LogP contribution in [-0.4, -0.2) is 25.5 Å². The maximum absolute atomic E-state index is 13.7. The van der Waals surface area contributed by atoms with Gasteiger partial charge in [0.25, 0.3) is 0 Å². The molecule has 116 valence electrons. The van der Waals surface area contributed by atoms with Gasteiger partial charge in [0.15, 0.2) is 0 Å². The van der Waals surface area contributed by atoms with Crippen molar-refractivity contribution in [2.75, 3.05) is 0 Å². The lowest BCUT2D eigenvalue weighted by Crippen LogP contribution is -2.34. The Morgan fingerprint density at radius 2 is 2.00 bits per heavy atom. The standard InChI is InChI=1S/C12H12BrF2NO4S/c13-9-4-7(14)5-10(15)11(9)21(19,20)16-8-2-1-6(3-8)12(17)18/h4-6,8,16H,1-3H2,(H,17,18). The van der Waals surface area contributed by atoms with Gasteiger partial charge in [-0.05, 0) is 41.3 Å². The fourth-order valence-electron chi connectivity index (χ4n) is 2.38. The van der Waals surface area contributed by atoms with E-state index < -0.39 is 44.5 Å². The van der Waals surface area contributed by atoms with Gasteiger partial charge in [0.05, 0.1) is 5.92 Å². The molecule has 1 aliphatic carbocycles. The molecular formula is C12H12BrF2NO4S. The normalized spacial score (nSPS) is 22.4. The number of hydrogen-bond donors (Lipinski definition) is 2. The van der Waals surface area contributed by atoms with Gasteiger partial charge >= 0.3 is 5.97 Å². The molecule has 2 N–H and O–H groups in total. The first-order valence-electron chi connectivity index (χ1n) is 6.10. The molecule has 1 aromatic carbocycles. The van der Waals surface area contributed by atoms with Gasteiger partial charge in [-0.1, -0.05) is 0 Å². The number of halogens is 3. The van der Waals surface area contributed by atoms with Gasteiger partial charge in [-0.15, -0.1) is 0 Å². The van der Waals surface area contributed by atoms with Gasteiger partial charge in [0.2, 0.25) is 10.0 Å². The minimum absolute atomic E-state index is 0.148. The number of hydrogen-bond acceptors (Lipinski definition) is 3. The van der Waals surface area contributed by atoms with E-state index in [0.29, 0.717) is 18.9 Å². The summed E-state index contributed by atoms with van der Waals surface area (Å²) in [7, 11) is -4.20. The summed E-state index contributed by atoms with van der Waals surface area (Å²) in [5.41, 5.74) is 0. The summed E-state index contributed by atoms with van der Waals surface area (Å²) < 4.78 is 53.1. The van der Waals surface area contributed by atoms with Crippen LogP contribution in [0.4, 0.5) is 8.78 Å². The SMILES string of the molecule is O=C(O)C1CCC(NS(=O)(=O)c2c(F)cc(F)cc2Br)C1. The van der Waals surface area contributed by atoms with E-state index >= 15 is 0 Å². The molecule has 21 heavy (non-hydrogen) atoms. The van der Waals surface area contributed by atoms with E-state index in [4.69, 9.17) is 5.11 Å². The van der Waals surface area contributed by atoms with Crippen LogP contribution in [0.3, 0.4) is 0 Å². The molecule has 2 rings (SSSR count). The summed E-state index contributed by atoms with van der Waals surface area (Å²) in [5, 5.41) is 8.88. The summed E-state index contributed by atoms with van der Waals surface area (Å²) in [4.78, 5) is 10.2. The number of aliphatic carboxylic acids is 1. The first-order valence-corrected chi connectivity index (χ1v) is 8.38. The van der Waals surface area contributed by atoms with Crippen LogP contribution in [0.15, 0.2) is 21.5 Å². The van der Waals surface area contributed by atoms with Crippen molar-refractivity contribution in [1.82, 2.24) is 4.72 Å². The Kier molecular flexibility index (Phi) is 4.64. The van der Waals surface area contributed by atoms with E-state index in [1.165, 1.54) is 0 Å². The Morgan fingerprint density at radius 3 is 2.52 bits per heavy atom. The zero-order chi connectivity index (χ0) is 15.8. The number of nitrogens with one attached hydrogen (secondary N) is 1. The molecule has 1 fully saturated rings. The van der Waals surface area contributed by atoms with Crippen molar-refractivity contribution < 1.29 is 27.1 Å². The van der Waals surface area contributed by atoms with Crippen molar-refractivity contribution in [2.24, 2.45) is 5.92 Å². The highest BCUT2D eigenvalue weighted by molar-refractivity contribution is 9.10. The molecular weight excluding hydrogens is 372 g/mol. The molecule has 0 spiro atoms. The Labute approximate surface area is 128 Å². The van der Waals surface area contributed by atoms with Crippen molar-refractivity contribution in [2.45, 2.75) is 30.2 Å². The largest absolute Gasteiger partial charge is 0.481 e. The third-order valence-electron chi connectivity index (χ3n) is 3.34. The highest BCUT2D eigenvalue weighted by atomic mass is 79.9. The highest BCUT2D eigenvalue weighted by Gasteiger charge is 2.34. The Bertz CT molecular complexity index is 657. The van der Waals surface area contributed by atoms with Crippen LogP contribution in [0, 0.1) is 17.6 Å². The summed E-state index contributed by atoms with van der Waals surface area (Å²) in [6.45, 7) is 0. The molecule has 1 saturated carbocycles. The second-order valence-corrected chi connectivity index (χ2v) is 7.37. The summed E-state index contributed by atoms with van der Waals surface area (Å²) in [5.74, 6) is -3.70. The third kappa shape index (κ3) is 3.58. The maximum Gasteiger partial charge on any atom is 0.306 e. The molecule has 9 heteroatoms. The number of carboxylic acids is 1. The fourth-order valence-corrected chi connectivity index (χ4v) is 4.83. The van der Waals surface area contributed by atoms with Crippen LogP contribution in [-0.2, 0) is 14.8 Å². The van der Waals surface area contributed by atoms with Crippen LogP contribution in [0.1, 0.15) is 19.3 Å². The topological polar surface area (TPSA) is 83.5 Å². The third-order valence-corrected chi connectivity index (χ3v) is 5.82. The van der Waals surface area contributed by atoms with E-state index in [0.717, 1.165) is 6.07 Å². The molecule has 5 nitrogen and oxygen atoms in total. The second kappa shape index (κ2) is 5.98.